The lowest BCUT2D eigenvalue weighted by Gasteiger charge is -2.11. The third-order valence-corrected chi connectivity index (χ3v) is 2.61. The number of hydrogen-bond donors (Lipinski definition) is 1. The molecule has 0 atom stereocenters. The first kappa shape index (κ1) is 12.2. The lowest BCUT2D eigenvalue weighted by atomic mass is 10.0. The lowest BCUT2D eigenvalue weighted by Crippen LogP contribution is -2.05. The standard InChI is InChI=1S/C15H15NO2/c1-11(17)16-13-8-9-14(15(10-13)18-2)12-6-4-3-5-7-12/h3-10H,1-2H3,(H,16,17). The third-order valence-electron chi connectivity index (χ3n) is 2.61. The van der Waals surface area contributed by atoms with E-state index >= 15 is 0 Å². The first-order chi connectivity index (χ1) is 8.70. The zero-order valence-electron chi connectivity index (χ0n) is 10.4. The van der Waals surface area contributed by atoms with Crippen LogP contribution in [-0.4, -0.2) is 13.0 Å². The molecule has 0 heterocycles. The fraction of sp³-hybridized carbons (Fsp3) is 0.133. The Hall–Kier alpha value is -2.29. The van der Waals surface area contributed by atoms with E-state index in [1.165, 1.54) is 6.92 Å². The van der Waals surface area contributed by atoms with Gasteiger partial charge in [0.05, 0.1) is 7.11 Å². The normalized spacial score (nSPS) is 9.89. The summed E-state index contributed by atoms with van der Waals surface area (Å²) in [6, 6.07) is 15.6. The molecule has 0 saturated carbocycles. The van der Waals surface area contributed by atoms with Crippen LogP contribution in [0.25, 0.3) is 11.1 Å². The van der Waals surface area contributed by atoms with Gasteiger partial charge in [-0.15, -0.1) is 0 Å². The molecule has 0 aliphatic carbocycles. The number of nitrogens with one attached hydrogen (secondary N) is 1. The van der Waals surface area contributed by atoms with Gasteiger partial charge in [-0.1, -0.05) is 30.3 Å². The van der Waals surface area contributed by atoms with E-state index in [9.17, 15) is 4.79 Å². The number of ether oxygens (including phenoxy) is 1. The van der Waals surface area contributed by atoms with Crippen LogP contribution < -0.4 is 10.1 Å². The van der Waals surface area contributed by atoms with Crippen LogP contribution in [0.5, 0.6) is 5.75 Å². The summed E-state index contributed by atoms with van der Waals surface area (Å²) in [5.74, 6) is 0.650. The molecule has 3 heteroatoms. The van der Waals surface area contributed by atoms with Gasteiger partial charge >= 0.3 is 0 Å². The highest BCUT2D eigenvalue weighted by atomic mass is 16.5. The smallest absolute Gasteiger partial charge is 0.221 e. The van der Waals surface area contributed by atoms with Gasteiger partial charge in [-0.3, -0.25) is 4.79 Å². The van der Waals surface area contributed by atoms with Crippen LogP contribution in [0.3, 0.4) is 0 Å². The Balaban J connectivity index is 2.41. The molecule has 0 unspecified atom stereocenters. The molecule has 3 nitrogen and oxygen atoms in total. The Labute approximate surface area is 106 Å². The van der Waals surface area contributed by atoms with Crippen molar-refractivity contribution in [3.05, 3.63) is 48.5 Å². The molecule has 2 aromatic rings. The minimum atomic E-state index is -0.0930. The van der Waals surface area contributed by atoms with Crippen LogP contribution in [0.15, 0.2) is 48.5 Å². The van der Waals surface area contributed by atoms with E-state index in [-0.39, 0.29) is 5.91 Å². The van der Waals surface area contributed by atoms with Crippen molar-refractivity contribution < 1.29 is 9.53 Å². The molecule has 0 saturated heterocycles. The van der Waals surface area contributed by atoms with E-state index in [0.29, 0.717) is 0 Å². The van der Waals surface area contributed by atoms with E-state index in [0.717, 1.165) is 22.6 Å². The fourth-order valence-electron chi connectivity index (χ4n) is 1.83. The van der Waals surface area contributed by atoms with E-state index in [1.54, 1.807) is 7.11 Å². The van der Waals surface area contributed by atoms with E-state index in [2.05, 4.69) is 5.32 Å². The van der Waals surface area contributed by atoms with Crippen molar-refractivity contribution >= 4 is 11.6 Å². The number of carbonyl (C=O) groups excluding carboxylic acids is 1. The van der Waals surface area contributed by atoms with Crippen LogP contribution in [0, 0.1) is 0 Å². The van der Waals surface area contributed by atoms with Crippen molar-refractivity contribution in [1.82, 2.24) is 0 Å². The number of rotatable bonds is 3. The summed E-state index contributed by atoms with van der Waals surface area (Å²) in [6.07, 6.45) is 0. The van der Waals surface area contributed by atoms with Gasteiger partial charge in [-0.05, 0) is 17.7 Å². The van der Waals surface area contributed by atoms with Gasteiger partial charge in [0.15, 0.2) is 0 Å². The number of methoxy groups -OCH3 is 1. The van der Waals surface area contributed by atoms with Crippen LogP contribution in [-0.2, 0) is 4.79 Å². The molecule has 0 radical (unpaired) electrons. The molecule has 1 N–H and O–H groups in total. The van der Waals surface area contributed by atoms with Gasteiger partial charge in [-0.2, -0.15) is 0 Å². The number of amides is 1. The van der Waals surface area contributed by atoms with E-state index in [1.807, 2.05) is 48.5 Å². The highest BCUT2D eigenvalue weighted by Crippen LogP contribution is 2.32. The quantitative estimate of drug-likeness (QED) is 0.895. The highest BCUT2D eigenvalue weighted by molar-refractivity contribution is 5.89. The van der Waals surface area contributed by atoms with Crippen molar-refractivity contribution in [3.8, 4) is 16.9 Å². The molecule has 0 aromatic heterocycles. The first-order valence-electron chi connectivity index (χ1n) is 5.72. The molecule has 1 amide bonds. The van der Waals surface area contributed by atoms with Gasteiger partial charge in [0.1, 0.15) is 5.75 Å². The second kappa shape index (κ2) is 5.36. The SMILES string of the molecule is COc1cc(NC(C)=O)ccc1-c1ccccc1. The Morgan fingerprint density at radius 1 is 1.11 bits per heavy atom. The Bertz CT molecular complexity index is 550. The summed E-state index contributed by atoms with van der Waals surface area (Å²) in [4.78, 5) is 11.0. The number of anilines is 1. The molecule has 2 aromatic carbocycles. The van der Waals surface area contributed by atoms with Gasteiger partial charge in [0, 0.05) is 24.2 Å². The van der Waals surface area contributed by atoms with Gasteiger partial charge in [0.25, 0.3) is 0 Å². The van der Waals surface area contributed by atoms with Gasteiger partial charge < -0.3 is 10.1 Å². The number of hydrogen-bond acceptors (Lipinski definition) is 2. The maximum atomic E-state index is 11.0. The molecule has 18 heavy (non-hydrogen) atoms. The lowest BCUT2D eigenvalue weighted by molar-refractivity contribution is -0.114. The summed E-state index contributed by atoms with van der Waals surface area (Å²) in [5, 5.41) is 2.74. The first-order valence-corrected chi connectivity index (χ1v) is 5.72. The molecular formula is C15H15NO2. The van der Waals surface area contributed by atoms with Crippen LogP contribution >= 0.6 is 0 Å². The minimum Gasteiger partial charge on any atom is -0.496 e. The van der Waals surface area contributed by atoms with Gasteiger partial charge in [-0.25, -0.2) is 0 Å². The second-order valence-corrected chi connectivity index (χ2v) is 3.96. The predicted octanol–water partition coefficient (Wildman–Crippen LogP) is 3.32. The average Bonchev–Trinajstić information content (AvgIpc) is 2.39. The molecule has 0 bridgehead atoms. The molecule has 0 spiro atoms. The molecule has 2 rings (SSSR count). The second-order valence-electron chi connectivity index (χ2n) is 3.96. The Morgan fingerprint density at radius 2 is 1.83 bits per heavy atom. The molecule has 0 aliphatic rings. The zero-order chi connectivity index (χ0) is 13.0. The summed E-state index contributed by atoms with van der Waals surface area (Å²) >= 11 is 0. The monoisotopic (exact) mass is 241 g/mol. The van der Waals surface area contributed by atoms with Gasteiger partial charge in [0.2, 0.25) is 5.91 Å². The highest BCUT2D eigenvalue weighted by Gasteiger charge is 2.07. The molecular weight excluding hydrogens is 226 g/mol. The maximum Gasteiger partial charge on any atom is 0.221 e. The summed E-state index contributed by atoms with van der Waals surface area (Å²) in [5.41, 5.74) is 2.83. The average molecular weight is 241 g/mol. The predicted molar refractivity (Wildman–Crippen MR) is 72.7 cm³/mol. The van der Waals surface area contributed by atoms with Crippen molar-refractivity contribution in [2.45, 2.75) is 6.92 Å². The Morgan fingerprint density at radius 3 is 2.44 bits per heavy atom. The van der Waals surface area contributed by atoms with Crippen LogP contribution in [0.1, 0.15) is 6.92 Å². The van der Waals surface area contributed by atoms with Crippen molar-refractivity contribution in [2.75, 3.05) is 12.4 Å². The van der Waals surface area contributed by atoms with Crippen molar-refractivity contribution in [1.29, 1.82) is 0 Å². The number of benzene rings is 2. The topological polar surface area (TPSA) is 38.3 Å². The minimum absolute atomic E-state index is 0.0930. The number of carbonyl (C=O) groups is 1. The molecule has 0 fully saturated rings. The molecule has 0 aliphatic heterocycles. The Kier molecular flexibility index (Phi) is 3.63. The zero-order valence-corrected chi connectivity index (χ0v) is 10.4. The van der Waals surface area contributed by atoms with Crippen molar-refractivity contribution in [3.63, 3.8) is 0 Å². The largest absolute Gasteiger partial charge is 0.496 e. The molecule has 92 valence electrons. The van der Waals surface area contributed by atoms with Crippen LogP contribution in [0.4, 0.5) is 5.69 Å². The van der Waals surface area contributed by atoms with Crippen LogP contribution in [0.2, 0.25) is 0 Å². The third kappa shape index (κ3) is 2.69. The summed E-state index contributed by atoms with van der Waals surface area (Å²) < 4.78 is 5.37. The summed E-state index contributed by atoms with van der Waals surface area (Å²) in [7, 11) is 1.62. The fourth-order valence-corrected chi connectivity index (χ4v) is 1.83. The maximum absolute atomic E-state index is 11.0. The van der Waals surface area contributed by atoms with Crippen molar-refractivity contribution in [2.24, 2.45) is 0 Å². The summed E-state index contributed by atoms with van der Waals surface area (Å²) in [6.45, 7) is 1.48. The van der Waals surface area contributed by atoms with E-state index in [4.69, 9.17) is 4.74 Å². The van der Waals surface area contributed by atoms with E-state index < -0.39 is 0 Å².